The van der Waals surface area contributed by atoms with Gasteiger partial charge in [-0.3, -0.25) is 9.69 Å². The molecule has 2 N–H and O–H groups in total. The van der Waals surface area contributed by atoms with Gasteiger partial charge in [-0.25, -0.2) is 9.78 Å². The Balaban J connectivity index is 1.60. The number of aliphatic carboxylic acids is 1. The minimum absolute atomic E-state index is 0.0204. The van der Waals surface area contributed by atoms with Crippen molar-refractivity contribution in [2.75, 3.05) is 17.3 Å². The summed E-state index contributed by atoms with van der Waals surface area (Å²) in [5, 5.41) is 22.0. The average Bonchev–Trinajstić information content (AvgIpc) is 3.26. The Labute approximate surface area is 209 Å². The van der Waals surface area contributed by atoms with Crippen molar-refractivity contribution >= 4 is 40.4 Å². The van der Waals surface area contributed by atoms with Crippen LogP contribution in [0.2, 0.25) is 0 Å². The number of carbonyl (C=O) groups excluding carboxylic acids is 1. The molecule has 0 unspecified atom stereocenters. The van der Waals surface area contributed by atoms with Crippen LogP contribution in [0.25, 0.3) is 11.0 Å². The largest absolute Gasteiger partial charge is 0.481 e. The Bertz CT molecular complexity index is 1350. The van der Waals surface area contributed by atoms with Crippen LogP contribution in [0.4, 0.5) is 22.1 Å². The molecule has 9 heteroatoms. The summed E-state index contributed by atoms with van der Waals surface area (Å²) in [7, 11) is 1.39. The number of rotatable bonds is 4. The minimum atomic E-state index is -0.731. The normalized spacial score (nSPS) is 21.5. The van der Waals surface area contributed by atoms with Gasteiger partial charge in [0.25, 0.3) is 0 Å². The minimum Gasteiger partial charge on any atom is -0.481 e. The zero-order valence-electron chi connectivity index (χ0n) is 20.4. The number of amides is 1. The van der Waals surface area contributed by atoms with Gasteiger partial charge >= 0.3 is 12.1 Å². The summed E-state index contributed by atoms with van der Waals surface area (Å²) in [5.74, 6) is -0.370. The first kappa shape index (κ1) is 23.7. The van der Waals surface area contributed by atoms with Crippen molar-refractivity contribution in [2.45, 2.75) is 57.5 Å². The predicted molar refractivity (Wildman–Crippen MR) is 135 cm³/mol. The molecule has 0 saturated heterocycles. The number of nitrogens with one attached hydrogen (secondary N) is 1. The van der Waals surface area contributed by atoms with Crippen molar-refractivity contribution in [1.82, 2.24) is 9.55 Å². The molecule has 2 heterocycles. The third-order valence-corrected chi connectivity index (χ3v) is 7.51. The van der Waals surface area contributed by atoms with Crippen LogP contribution in [0, 0.1) is 17.2 Å². The highest BCUT2D eigenvalue weighted by Crippen LogP contribution is 2.41. The van der Waals surface area contributed by atoms with E-state index in [2.05, 4.69) is 16.0 Å². The van der Waals surface area contributed by atoms with Gasteiger partial charge in [0, 0.05) is 23.3 Å². The average molecular weight is 488 g/mol. The lowest BCUT2D eigenvalue weighted by molar-refractivity contribution is -0.143. The fourth-order valence-corrected chi connectivity index (χ4v) is 5.57. The number of hydrogen-bond acceptors (Lipinski definition) is 6. The van der Waals surface area contributed by atoms with Crippen LogP contribution in [0.3, 0.4) is 0 Å². The molecular formula is C27H29N5O4. The van der Waals surface area contributed by atoms with Crippen LogP contribution in [0.1, 0.15) is 56.2 Å². The fourth-order valence-electron chi connectivity index (χ4n) is 5.57. The summed E-state index contributed by atoms with van der Waals surface area (Å²) < 4.78 is 7.25. The summed E-state index contributed by atoms with van der Waals surface area (Å²) in [5.41, 5.74) is 5.01. The fraction of sp³-hybridized carbons (Fsp3) is 0.407. The van der Waals surface area contributed by atoms with Gasteiger partial charge in [-0.2, -0.15) is 5.26 Å². The number of fused-ring (bicyclic) bond motifs is 3. The maximum absolute atomic E-state index is 12.6. The molecular weight excluding hydrogens is 458 g/mol. The number of aromatic nitrogens is 2. The standard InChI is InChI=1S/C27H29N5O4/c1-16-3-12-21-22(31(16)27(35)36-2)13-14-23-24(21)30-26(29-19-8-4-17(15-28)5-9-19)32(23)20-10-6-18(7-11-20)25(33)34/h4-5,8-9,13-14,16,18,20H,3,6-7,10-12H2,1-2H3,(H,29,30)(H,33,34)/t16-,18-,20-/m0/s1. The first-order chi connectivity index (χ1) is 17.4. The van der Waals surface area contributed by atoms with Gasteiger partial charge in [0.15, 0.2) is 0 Å². The molecule has 2 aliphatic rings. The molecule has 0 radical (unpaired) electrons. The Hall–Kier alpha value is -4.06. The Morgan fingerprint density at radius 2 is 1.83 bits per heavy atom. The van der Waals surface area contributed by atoms with E-state index in [0.29, 0.717) is 24.4 Å². The van der Waals surface area contributed by atoms with Crippen molar-refractivity contribution in [2.24, 2.45) is 5.92 Å². The number of carboxylic acids is 1. The first-order valence-corrected chi connectivity index (χ1v) is 12.3. The molecule has 186 valence electrons. The van der Waals surface area contributed by atoms with E-state index in [0.717, 1.165) is 53.7 Å². The number of hydrogen-bond donors (Lipinski definition) is 2. The Morgan fingerprint density at radius 3 is 2.47 bits per heavy atom. The maximum atomic E-state index is 12.6. The number of ether oxygens (including phenoxy) is 1. The van der Waals surface area contributed by atoms with Crippen molar-refractivity contribution in [3.8, 4) is 6.07 Å². The van der Waals surface area contributed by atoms with E-state index in [-0.39, 0.29) is 24.1 Å². The van der Waals surface area contributed by atoms with E-state index < -0.39 is 5.97 Å². The molecule has 1 saturated carbocycles. The molecule has 9 nitrogen and oxygen atoms in total. The van der Waals surface area contributed by atoms with Gasteiger partial charge in [0.1, 0.15) is 0 Å². The van der Waals surface area contributed by atoms with E-state index in [1.54, 1.807) is 17.0 Å². The molecule has 5 rings (SSSR count). The van der Waals surface area contributed by atoms with E-state index in [4.69, 9.17) is 15.0 Å². The third kappa shape index (κ3) is 4.13. The van der Waals surface area contributed by atoms with E-state index in [1.165, 1.54) is 7.11 Å². The number of carboxylic acid groups (broad SMARTS) is 1. The molecule has 1 amide bonds. The number of nitrogens with zero attached hydrogens (tertiary/aromatic N) is 4. The number of nitriles is 1. The highest BCUT2D eigenvalue weighted by atomic mass is 16.5. The second-order valence-electron chi connectivity index (χ2n) is 9.62. The summed E-state index contributed by atoms with van der Waals surface area (Å²) in [6.07, 6.45) is 3.93. The smallest absolute Gasteiger partial charge is 0.414 e. The number of anilines is 3. The second kappa shape index (κ2) is 9.53. The molecule has 3 aromatic rings. The van der Waals surface area contributed by atoms with Crippen LogP contribution in [0.5, 0.6) is 0 Å². The molecule has 1 aliphatic heterocycles. The van der Waals surface area contributed by atoms with Crippen LogP contribution < -0.4 is 10.2 Å². The van der Waals surface area contributed by atoms with Crippen molar-refractivity contribution in [3.63, 3.8) is 0 Å². The molecule has 1 aliphatic carbocycles. The van der Waals surface area contributed by atoms with Crippen LogP contribution in [-0.4, -0.2) is 39.9 Å². The highest BCUT2D eigenvalue weighted by Gasteiger charge is 2.33. The van der Waals surface area contributed by atoms with E-state index in [9.17, 15) is 14.7 Å². The summed E-state index contributed by atoms with van der Waals surface area (Å²) in [4.78, 5) is 30.8. The predicted octanol–water partition coefficient (Wildman–Crippen LogP) is 5.37. The number of imidazole rings is 1. The van der Waals surface area contributed by atoms with Gasteiger partial charge in [0.05, 0.1) is 41.4 Å². The molecule has 0 bridgehead atoms. The van der Waals surface area contributed by atoms with E-state index in [1.807, 2.05) is 31.2 Å². The molecule has 2 aromatic carbocycles. The number of carbonyl (C=O) groups is 2. The van der Waals surface area contributed by atoms with Crippen molar-refractivity contribution in [1.29, 1.82) is 5.26 Å². The van der Waals surface area contributed by atoms with E-state index >= 15 is 0 Å². The van der Waals surface area contributed by atoms with Gasteiger partial charge in [0.2, 0.25) is 5.95 Å². The van der Waals surface area contributed by atoms with Gasteiger partial charge in [-0.15, -0.1) is 0 Å². The lowest BCUT2D eigenvalue weighted by Crippen LogP contribution is -2.42. The SMILES string of the molecule is COC(=O)N1c2ccc3c(nc(Nc4ccc(C#N)cc4)n3[C@H]3CC[C@H](C(=O)O)CC3)c2CC[C@@H]1C. The summed E-state index contributed by atoms with van der Waals surface area (Å²) >= 11 is 0. The van der Waals surface area contributed by atoms with Crippen LogP contribution in [0.15, 0.2) is 36.4 Å². The Kier molecular flexibility index (Phi) is 6.27. The quantitative estimate of drug-likeness (QED) is 0.507. The van der Waals surface area contributed by atoms with Gasteiger partial charge in [-0.1, -0.05) is 0 Å². The molecule has 1 atom stereocenters. The number of methoxy groups -OCH3 is 1. The maximum Gasteiger partial charge on any atom is 0.414 e. The monoisotopic (exact) mass is 487 g/mol. The van der Waals surface area contributed by atoms with Gasteiger partial charge in [-0.05, 0) is 81.8 Å². The van der Waals surface area contributed by atoms with Crippen LogP contribution >= 0.6 is 0 Å². The van der Waals surface area contributed by atoms with Crippen molar-refractivity contribution in [3.05, 3.63) is 47.5 Å². The van der Waals surface area contributed by atoms with Crippen molar-refractivity contribution < 1.29 is 19.4 Å². The first-order valence-electron chi connectivity index (χ1n) is 12.3. The molecule has 0 spiro atoms. The number of benzene rings is 2. The summed E-state index contributed by atoms with van der Waals surface area (Å²) in [6.45, 7) is 2.02. The highest BCUT2D eigenvalue weighted by molar-refractivity contribution is 5.96. The Morgan fingerprint density at radius 1 is 1.11 bits per heavy atom. The van der Waals surface area contributed by atoms with Gasteiger partial charge < -0.3 is 19.7 Å². The zero-order chi connectivity index (χ0) is 25.4. The lowest BCUT2D eigenvalue weighted by Gasteiger charge is -2.34. The third-order valence-electron chi connectivity index (χ3n) is 7.51. The second-order valence-corrected chi connectivity index (χ2v) is 9.62. The number of aryl methyl sites for hydroxylation is 1. The lowest BCUT2D eigenvalue weighted by atomic mass is 9.86. The summed E-state index contributed by atoms with van der Waals surface area (Å²) in [6, 6.07) is 13.4. The topological polar surface area (TPSA) is 120 Å². The zero-order valence-corrected chi connectivity index (χ0v) is 20.4. The van der Waals surface area contributed by atoms with Crippen LogP contribution in [-0.2, 0) is 16.0 Å². The molecule has 1 fully saturated rings. The molecule has 36 heavy (non-hydrogen) atoms. The molecule has 1 aromatic heterocycles.